The molecule has 0 atom stereocenters. The Kier molecular flexibility index (Phi) is 10.7. The lowest BCUT2D eigenvalue weighted by molar-refractivity contribution is -0.438. The van der Waals surface area contributed by atoms with Crippen LogP contribution in [0.1, 0.15) is 62.8 Å². The van der Waals surface area contributed by atoms with Gasteiger partial charge in [-0.3, -0.25) is 0 Å². The maximum absolute atomic E-state index is 7.05. The molecular weight excluding hydrogens is 636 g/mol. The number of benzene rings is 4. The van der Waals surface area contributed by atoms with Crippen LogP contribution in [0.2, 0.25) is 0 Å². The second kappa shape index (κ2) is 15.1. The van der Waals surface area contributed by atoms with E-state index < -0.39 is 0 Å². The van der Waals surface area contributed by atoms with Gasteiger partial charge >= 0.3 is 0 Å². The molecule has 258 valence electrons. The predicted octanol–water partition coefficient (Wildman–Crippen LogP) is 10.7. The van der Waals surface area contributed by atoms with Crippen LogP contribution in [0.5, 0.6) is 11.5 Å². The molecule has 5 heteroatoms. The maximum Gasteiger partial charge on any atom is 0.210 e. The van der Waals surface area contributed by atoms with Gasteiger partial charge in [-0.25, -0.2) is 0 Å². The Balaban J connectivity index is 1.29. The van der Waals surface area contributed by atoms with Crippen molar-refractivity contribution in [1.82, 2.24) is 0 Å². The summed E-state index contributed by atoms with van der Waals surface area (Å²) in [6, 6.07) is 34.3. The van der Waals surface area contributed by atoms with Gasteiger partial charge in [0.1, 0.15) is 18.0 Å². The van der Waals surface area contributed by atoms with E-state index in [1.54, 1.807) is 14.2 Å². The first-order chi connectivity index (χ1) is 24.1. The van der Waals surface area contributed by atoms with Crippen LogP contribution in [-0.2, 0) is 23.7 Å². The molecule has 50 heavy (non-hydrogen) atoms. The molecule has 0 saturated heterocycles. The van der Waals surface area contributed by atoms with E-state index in [9.17, 15) is 0 Å². The highest BCUT2D eigenvalue weighted by molar-refractivity contribution is 6.31. The molecule has 4 nitrogen and oxygen atoms in total. The fourth-order valence-corrected chi connectivity index (χ4v) is 7.72. The number of hydrogen-bond donors (Lipinski definition) is 0. The Morgan fingerprint density at radius 2 is 1.34 bits per heavy atom. The van der Waals surface area contributed by atoms with Gasteiger partial charge in [-0.15, -0.1) is 0 Å². The second-order valence-corrected chi connectivity index (χ2v) is 14.8. The van der Waals surface area contributed by atoms with E-state index in [0.717, 1.165) is 50.3 Å². The van der Waals surface area contributed by atoms with Crippen LogP contribution in [0.25, 0.3) is 0 Å². The molecule has 0 amide bonds. The topological polar surface area (TPSA) is 24.7 Å². The van der Waals surface area contributed by atoms with Crippen molar-refractivity contribution in [3.63, 3.8) is 0 Å². The summed E-state index contributed by atoms with van der Waals surface area (Å²) in [6.45, 7) is 11.0. The molecule has 2 heterocycles. The van der Waals surface area contributed by atoms with Gasteiger partial charge in [-0.1, -0.05) is 86.1 Å². The summed E-state index contributed by atoms with van der Waals surface area (Å²) in [5, 5.41) is 0.687. The summed E-state index contributed by atoms with van der Waals surface area (Å²) in [7, 11) is 3.46. The van der Waals surface area contributed by atoms with Crippen molar-refractivity contribution in [1.29, 1.82) is 0 Å². The lowest BCUT2D eigenvalue weighted by atomic mass is 9.81. The summed E-state index contributed by atoms with van der Waals surface area (Å²) in [6.07, 6.45) is 12.7. The molecular formula is C45H50ClN2O2+. The number of hydrogen-bond acceptors (Lipinski definition) is 3. The number of anilines is 1. The molecule has 0 aliphatic carbocycles. The number of rotatable bonds is 13. The molecule has 0 spiro atoms. The van der Waals surface area contributed by atoms with Crippen molar-refractivity contribution >= 4 is 28.7 Å². The fraction of sp³-hybridized carbons (Fsp3) is 0.311. The number of nitrogens with zero attached hydrogens (tertiary/aromatic N) is 2. The Morgan fingerprint density at radius 1 is 0.740 bits per heavy atom. The van der Waals surface area contributed by atoms with Gasteiger partial charge in [-0.2, -0.15) is 4.58 Å². The van der Waals surface area contributed by atoms with Crippen molar-refractivity contribution in [2.75, 3.05) is 32.2 Å². The smallest absolute Gasteiger partial charge is 0.210 e. The SMILES string of the molecule is COc1ccc2c(c1)C(C)(C)C(/C=C/C(Cl)=C/C=C1/N(CCCc3ccccc3)c3ccc(OC)cc3C1(C)C)=[N+]2CCCc1ccccc1. The van der Waals surface area contributed by atoms with E-state index in [2.05, 4.69) is 159 Å². The molecule has 0 fully saturated rings. The van der Waals surface area contributed by atoms with Crippen molar-refractivity contribution < 1.29 is 14.0 Å². The van der Waals surface area contributed by atoms with Crippen molar-refractivity contribution in [2.45, 2.75) is 64.2 Å². The van der Waals surface area contributed by atoms with Crippen LogP contribution in [0.4, 0.5) is 11.4 Å². The standard InChI is InChI=1S/C45H50ClN2O2/c1-44(2)38-31-36(49-5)23-25-40(38)47(29-13-19-33-15-9-7-10-16-33)42(44)27-21-35(46)22-28-43-45(3,4)39-32-37(50-6)24-26-41(39)48(43)30-14-20-34-17-11-8-12-18-34/h7-12,15-18,21-28,31-32H,13-14,19-20,29-30H2,1-6H3/q+1. The average molecular weight is 686 g/mol. The molecule has 2 aliphatic rings. The highest BCUT2D eigenvalue weighted by atomic mass is 35.5. The minimum absolute atomic E-state index is 0.216. The van der Waals surface area contributed by atoms with Crippen LogP contribution < -0.4 is 14.4 Å². The third kappa shape index (κ3) is 7.32. The number of allylic oxidation sites excluding steroid dienone is 6. The maximum atomic E-state index is 7.05. The molecule has 0 N–H and O–H groups in total. The third-order valence-corrected chi connectivity index (χ3v) is 10.6. The van der Waals surface area contributed by atoms with E-state index in [0.29, 0.717) is 5.03 Å². The van der Waals surface area contributed by atoms with Crippen LogP contribution in [-0.4, -0.2) is 37.6 Å². The fourth-order valence-electron chi connectivity index (χ4n) is 7.59. The Morgan fingerprint density at radius 3 is 1.98 bits per heavy atom. The number of ether oxygens (including phenoxy) is 2. The first-order valence-corrected chi connectivity index (χ1v) is 18.1. The van der Waals surface area contributed by atoms with E-state index in [-0.39, 0.29) is 10.8 Å². The minimum Gasteiger partial charge on any atom is -0.497 e. The van der Waals surface area contributed by atoms with Gasteiger partial charge in [0.05, 0.1) is 19.6 Å². The molecule has 4 aromatic carbocycles. The van der Waals surface area contributed by atoms with Crippen LogP contribution in [0, 0.1) is 0 Å². The first-order valence-electron chi connectivity index (χ1n) is 17.8. The lowest BCUT2D eigenvalue weighted by Gasteiger charge is -2.27. The quantitative estimate of drug-likeness (QED) is 0.103. The lowest BCUT2D eigenvalue weighted by Crippen LogP contribution is -2.28. The van der Waals surface area contributed by atoms with Crippen LogP contribution in [0.15, 0.2) is 132 Å². The molecule has 4 aromatic rings. The zero-order valence-corrected chi connectivity index (χ0v) is 31.1. The molecule has 0 aromatic heterocycles. The molecule has 0 bridgehead atoms. The monoisotopic (exact) mass is 685 g/mol. The van der Waals surface area contributed by atoms with Crippen molar-refractivity contribution in [3.05, 3.63) is 154 Å². The van der Waals surface area contributed by atoms with Gasteiger partial charge in [-0.05, 0) is 98.4 Å². The van der Waals surface area contributed by atoms with E-state index in [1.807, 2.05) is 0 Å². The zero-order valence-electron chi connectivity index (χ0n) is 30.4. The molecule has 6 rings (SSSR count). The van der Waals surface area contributed by atoms with Crippen LogP contribution >= 0.6 is 11.6 Å². The third-order valence-electron chi connectivity index (χ3n) is 10.4. The molecule has 2 aliphatic heterocycles. The van der Waals surface area contributed by atoms with Crippen LogP contribution in [0.3, 0.4) is 0 Å². The summed E-state index contributed by atoms with van der Waals surface area (Å²) < 4.78 is 13.7. The second-order valence-electron chi connectivity index (χ2n) is 14.3. The zero-order chi connectivity index (χ0) is 35.3. The summed E-state index contributed by atoms with van der Waals surface area (Å²) >= 11 is 7.05. The predicted molar refractivity (Wildman–Crippen MR) is 210 cm³/mol. The molecule has 0 radical (unpaired) electrons. The first kappa shape index (κ1) is 35.3. The highest BCUT2D eigenvalue weighted by Gasteiger charge is 2.44. The summed E-state index contributed by atoms with van der Waals surface area (Å²) in [5.74, 6) is 1.75. The number of methoxy groups -OCH3 is 2. The van der Waals surface area contributed by atoms with E-state index in [1.165, 1.54) is 45.0 Å². The normalized spacial score (nSPS) is 17.1. The van der Waals surface area contributed by atoms with E-state index >= 15 is 0 Å². The van der Waals surface area contributed by atoms with Gasteiger partial charge < -0.3 is 14.4 Å². The average Bonchev–Trinajstić information content (AvgIpc) is 3.47. The van der Waals surface area contributed by atoms with Crippen molar-refractivity contribution in [2.24, 2.45) is 0 Å². The number of halogens is 1. The summed E-state index contributed by atoms with van der Waals surface area (Å²) in [4.78, 5) is 2.47. The van der Waals surface area contributed by atoms with Gasteiger partial charge in [0.15, 0.2) is 5.71 Å². The summed E-state index contributed by atoms with van der Waals surface area (Å²) in [5.41, 5.74) is 9.76. The van der Waals surface area contributed by atoms with E-state index in [4.69, 9.17) is 21.1 Å². The van der Waals surface area contributed by atoms with Gasteiger partial charge in [0.25, 0.3) is 0 Å². The van der Waals surface area contributed by atoms with Gasteiger partial charge in [0, 0.05) is 52.5 Å². The number of fused-ring (bicyclic) bond motifs is 2. The van der Waals surface area contributed by atoms with Gasteiger partial charge in [0.2, 0.25) is 5.69 Å². The number of aryl methyl sites for hydroxylation is 2. The van der Waals surface area contributed by atoms with Crippen molar-refractivity contribution in [3.8, 4) is 11.5 Å². The largest absolute Gasteiger partial charge is 0.497 e. The Bertz CT molecular complexity index is 1940. The minimum atomic E-state index is -0.216. The Hall–Kier alpha value is -4.54. The highest BCUT2D eigenvalue weighted by Crippen LogP contribution is 2.49. The molecule has 0 saturated carbocycles. The Labute approximate surface area is 304 Å². The molecule has 0 unspecified atom stereocenters.